The molecule has 37 heavy (non-hydrogen) atoms. The minimum absolute atomic E-state index is 0.0899. The molecule has 0 saturated carbocycles. The van der Waals surface area contributed by atoms with Gasteiger partial charge in [-0.2, -0.15) is 0 Å². The molecule has 0 aliphatic carbocycles. The van der Waals surface area contributed by atoms with Gasteiger partial charge >= 0.3 is 0 Å². The second-order valence-corrected chi connectivity index (χ2v) is 10.3. The topological polar surface area (TPSA) is 46.5 Å². The number of fused-ring (bicyclic) bond motifs is 1. The molecule has 1 aliphatic heterocycles. The van der Waals surface area contributed by atoms with Gasteiger partial charge in [0.1, 0.15) is 5.75 Å². The van der Waals surface area contributed by atoms with Crippen molar-refractivity contribution in [2.45, 2.75) is 32.4 Å². The van der Waals surface area contributed by atoms with E-state index < -0.39 is 0 Å². The molecule has 0 bridgehead atoms. The Morgan fingerprint density at radius 2 is 1.65 bits per heavy atom. The highest BCUT2D eigenvalue weighted by Gasteiger charge is 2.25. The fraction of sp³-hybridized carbons (Fsp3) is 0.323. The number of nitrogens with zero attached hydrogens (tertiary/aromatic N) is 2. The van der Waals surface area contributed by atoms with Gasteiger partial charge in [0.25, 0.3) is 0 Å². The summed E-state index contributed by atoms with van der Waals surface area (Å²) in [5, 5.41) is 5.17. The third kappa shape index (κ3) is 6.35. The molecule has 6 heteroatoms. The molecule has 2 heterocycles. The van der Waals surface area contributed by atoms with Crippen molar-refractivity contribution in [2.24, 2.45) is 5.92 Å². The third-order valence-electron chi connectivity index (χ3n) is 7.37. The van der Waals surface area contributed by atoms with Crippen LogP contribution in [-0.4, -0.2) is 42.1 Å². The van der Waals surface area contributed by atoms with E-state index in [1.807, 2.05) is 24.3 Å². The van der Waals surface area contributed by atoms with Crippen molar-refractivity contribution in [2.75, 3.05) is 26.7 Å². The van der Waals surface area contributed by atoms with E-state index in [2.05, 4.69) is 69.4 Å². The van der Waals surface area contributed by atoms with Crippen LogP contribution in [0.3, 0.4) is 0 Å². The maximum Gasteiger partial charge on any atom is 0.223 e. The van der Waals surface area contributed by atoms with E-state index >= 15 is 0 Å². The standard InChI is InChI=1S/C31H34ClN3O2/c1-37-29-12-8-23(9-13-29)14-17-33-31(36)25-15-18-34(19-16-25)22-28-20-26-4-2-3-5-30(26)35(28)21-24-6-10-27(32)11-7-24/h2-13,20,25H,14-19,21-22H2,1H3,(H,33,36). The molecule has 3 aromatic carbocycles. The SMILES string of the molecule is COc1ccc(CCNC(=O)C2CCN(Cc3cc4ccccc4n3Cc3ccc(Cl)cc3)CC2)cc1. The average Bonchev–Trinajstić information content (AvgIpc) is 3.27. The molecule has 5 nitrogen and oxygen atoms in total. The number of nitrogens with one attached hydrogen (secondary N) is 1. The summed E-state index contributed by atoms with van der Waals surface area (Å²) in [6.07, 6.45) is 2.62. The van der Waals surface area contributed by atoms with Crippen LogP contribution < -0.4 is 10.1 Å². The van der Waals surface area contributed by atoms with Gasteiger partial charge in [0.2, 0.25) is 5.91 Å². The second-order valence-electron chi connectivity index (χ2n) is 9.85. The predicted molar refractivity (Wildman–Crippen MR) is 150 cm³/mol. The van der Waals surface area contributed by atoms with Crippen molar-refractivity contribution in [1.82, 2.24) is 14.8 Å². The monoisotopic (exact) mass is 515 g/mol. The largest absolute Gasteiger partial charge is 0.497 e. The Morgan fingerprint density at radius 3 is 2.38 bits per heavy atom. The van der Waals surface area contributed by atoms with Crippen LogP contribution in [0.5, 0.6) is 5.75 Å². The van der Waals surface area contributed by atoms with Gasteiger partial charge in [-0.25, -0.2) is 0 Å². The number of hydrogen-bond donors (Lipinski definition) is 1. The van der Waals surface area contributed by atoms with Gasteiger partial charge in [-0.15, -0.1) is 0 Å². The minimum atomic E-state index is 0.0899. The zero-order chi connectivity index (χ0) is 25.6. The molecular weight excluding hydrogens is 482 g/mol. The van der Waals surface area contributed by atoms with Gasteiger partial charge in [0.15, 0.2) is 0 Å². The van der Waals surface area contributed by atoms with E-state index in [0.717, 1.165) is 56.2 Å². The van der Waals surface area contributed by atoms with Crippen molar-refractivity contribution >= 4 is 28.4 Å². The molecule has 1 saturated heterocycles. The number of carbonyl (C=O) groups excluding carboxylic acids is 1. The molecule has 1 aliphatic rings. The van der Waals surface area contributed by atoms with E-state index in [1.54, 1.807) is 7.11 Å². The number of piperidine rings is 1. The number of para-hydroxylation sites is 1. The molecule has 5 rings (SSSR count). The zero-order valence-corrected chi connectivity index (χ0v) is 22.1. The lowest BCUT2D eigenvalue weighted by Gasteiger charge is -2.31. The van der Waals surface area contributed by atoms with Crippen LogP contribution in [0.25, 0.3) is 10.9 Å². The van der Waals surface area contributed by atoms with Gasteiger partial charge < -0.3 is 14.6 Å². The molecule has 1 amide bonds. The van der Waals surface area contributed by atoms with E-state index in [9.17, 15) is 4.79 Å². The summed E-state index contributed by atoms with van der Waals surface area (Å²) >= 11 is 6.10. The van der Waals surface area contributed by atoms with Gasteiger partial charge in [0, 0.05) is 41.8 Å². The molecular formula is C31H34ClN3O2. The van der Waals surface area contributed by atoms with Crippen LogP contribution in [0.4, 0.5) is 0 Å². The van der Waals surface area contributed by atoms with E-state index in [0.29, 0.717) is 6.54 Å². The molecule has 1 aromatic heterocycles. The predicted octanol–water partition coefficient (Wildman–Crippen LogP) is 5.92. The second kappa shape index (κ2) is 11.8. The number of ether oxygens (including phenoxy) is 1. The summed E-state index contributed by atoms with van der Waals surface area (Å²) in [5.74, 6) is 1.13. The van der Waals surface area contributed by atoms with Crippen LogP contribution in [0.15, 0.2) is 78.9 Å². The number of methoxy groups -OCH3 is 1. The summed E-state index contributed by atoms with van der Waals surface area (Å²) in [4.78, 5) is 15.3. The Morgan fingerprint density at radius 1 is 0.946 bits per heavy atom. The van der Waals surface area contributed by atoms with Crippen molar-refractivity contribution in [1.29, 1.82) is 0 Å². The fourth-order valence-electron chi connectivity index (χ4n) is 5.21. The number of aromatic nitrogens is 1. The van der Waals surface area contributed by atoms with Crippen LogP contribution in [0.2, 0.25) is 5.02 Å². The third-order valence-corrected chi connectivity index (χ3v) is 7.62. The Labute approximate surface area is 224 Å². The van der Waals surface area contributed by atoms with Crippen molar-refractivity contribution in [3.8, 4) is 5.75 Å². The highest BCUT2D eigenvalue weighted by molar-refractivity contribution is 6.30. The molecule has 1 N–H and O–H groups in total. The Hall–Kier alpha value is -3.28. The molecule has 0 atom stereocenters. The summed E-state index contributed by atoms with van der Waals surface area (Å²) < 4.78 is 7.62. The molecule has 4 aromatic rings. The maximum atomic E-state index is 12.8. The highest BCUT2D eigenvalue weighted by atomic mass is 35.5. The van der Waals surface area contributed by atoms with E-state index in [1.165, 1.54) is 27.7 Å². The van der Waals surface area contributed by atoms with Gasteiger partial charge in [0.05, 0.1) is 7.11 Å². The van der Waals surface area contributed by atoms with Crippen molar-refractivity contribution in [3.05, 3.63) is 101 Å². The van der Waals surface area contributed by atoms with Crippen molar-refractivity contribution < 1.29 is 9.53 Å². The van der Waals surface area contributed by atoms with Crippen LogP contribution in [0.1, 0.15) is 29.7 Å². The molecule has 0 spiro atoms. The average molecular weight is 516 g/mol. The quantitative estimate of drug-likeness (QED) is 0.301. The first-order valence-electron chi connectivity index (χ1n) is 13.0. The normalized spacial score (nSPS) is 14.6. The Bertz CT molecular complexity index is 1320. The maximum absolute atomic E-state index is 12.8. The van der Waals surface area contributed by atoms with Crippen LogP contribution >= 0.6 is 11.6 Å². The van der Waals surface area contributed by atoms with Crippen molar-refractivity contribution in [3.63, 3.8) is 0 Å². The van der Waals surface area contributed by atoms with E-state index in [-0.39, 0.29) is 11.8 Å². The lowest BCUT2D eigenvalue weighted by atomic mass is 9.95. The minimum Gasteiger partial charge on any atom is -0.497 e. The molecule has 0 radical (unpaired) electrons. The molecule has 192 valence electrons. The van der Waals surface area contributed by atoms with E-state index in [4.69, 9.17) is 16.3 Å². The fourth-order valence-corrected chi connectivity index (χ4v) is 5.33. The lowest BCUT2D eigenvalue weighted by Crippen LogP contribution is -2.40. The number of rotatable bonds is 9. The first-order chi connectivity index (χ1) is 18.1. The lowest BCUT2D eigenvalue weighted by molar-refractivity contribution is -0.126. The first-order valence-corrected chi connectivity index (χ1v) is 13.4. The smallest absolute Gasteiger partial charge is 0.223 e. The van der Waals surface area contributed by atoms with Crippen LogP contribution in [-0.2, 0) is 24.3 Å². The van der Waals surface area contributed by atoms with Gasteiger partial charge in [-0.05, 0) is 85.3 Å². The summed E-state index contributed by atoms with van der Waals surface area (Å²) in [6, 6.07) is 27.0. The van der Waals surface area contributed by atoms with Gasteiger partial charge in [-0.3, -0.25) is 9.69 Å². The summed E-state index contributed by atoms with van der Waals surface area (Å²) in [5.41, 5.74) is 4.99. The zero-order valence-electron chi connectivity index (χ0n) is 21.3. The first kappa shape index (κ1) is 25.4. The van der Waals surface area contributed by atoms with Gasteiger partial charge in [-0.1, -0.05) is 54.1 Å². The number of halogens is 1. The summed E-state index contributed by atoms with van der Waals surface area (Å²) in [6.45, 7) is 4.22. The summed E-state index contributed by atoms with van der Waals surface area (Å²) in [7, 11) is 1.67. The van der Waals surface area contributed by atoms with Crippen LogP contribution in [0, 0.1) is 5.92 Å². The molecule has 1 fully saturated rings. The number of amides is 1. The Balaban J connectivity index is 1.16. The molecule has 0 unspecified atom stereocenters. The number of carbonyl (C=O) groups is 1. The Kier molecular flexibility index (Phi) is 8.12. The number of benzene rings is 3. The number of hydrogen-bond acceptors (Lipinski definition) is 3. The highest BCUT2D eigenvalue weighted by Crippen LogP contribution is 2.25. The number of likely N-dealkylation sites (tertiary alicyclic amines) is 1.